The van der Waals surface area contributed by atoms with E-state index in [2.05, 4.69) is 48.2 Å². The molecule has 3 rings (SSSR count). The number of thioether (sulfide) groups is 1. The lowest BCUT2D eigenvalue weighted by molar-refractivity contribution is 0.116. The summed E-state index contributed by atoms with van der Waals surface area (Å²) in [7, 11) is -3.63. The zero-order chi connectivity index (χ0) is 25.4. The minimum absolute atomic E-state index is 0.123. The summed E-state index contributed by atoms with van der Waals surface area (Å²) in [6, 6.07) is 10.0. The van der Waals surface area contributed by atoms with Crippen LogP contribution in [0.1, 0.15) is 51.9 Å². The first-order chi connectivity index (χ1) is 16.7. The third-order valence-corrected chi connectivity index (χ3v) is 8.42. The Morgan fingerprint density at radius 2 is 1.74 bits per heavy atom. The zero-order valence-corrected chi connectivity index (χ0v) is 23.3. The van der Waals surface area contributed by atoms with Crippen LogP contribution < -0.4 is 11.1 Å². The average molecular weight is 540 g/mol. The standard InChI is InChI=1S/C23H34N5O4PS2/c1-6-30-33(29,31-7-2)32-14-18(13-15(3)4)25-20-19-21(26-22(24)35-19)28-23(27-20)34-16(5)17-11-9-8-10-12-17/h8-12,15-16,18H,6-7,13-14H2,1-5H3,(H3,24,25,26,27,28)/t16-,18?/m0/s1. The number of nitrogens with two attached hydrogens (primary N) is 1. The SMILES string of the molecule is CCOP(=O)(OCC)OCC(CC(C)C)Nc1nc(S[C@@H](C)c2ccccc2)nc2nc(N)sc12. The van der Waals surface area contributed by atoms with Crippen molar-refractivity contribution in [1.82, 2.24) is 15.0 Å². The molecule has 192 valence electrons. The Labute approximate surface area is 215 Å². The van der Waals surface area contributed by atoms with Gasteiger partial charge in [0, 0.05) is 5.25 Å². The quantitative estimate of drug-likeness (QED) is 0.132. The highest BCUT2D eigenvalue weighted by molar-refractivity contribution is 7.99. The number of nitrogens with zero attached hydrogens (tertiary/aromatic N) is 3. The topological polar surface area (TPSA) is 121 Å². The predicted octanol–water partition coefficient (Wildman–Crippen LogP) is 6.55. The van der Waals surface area contributed by atoms with Gasteiger partial charge in [0.15, 0.2) is 21.8 Å². The van der Waals surface area contributed by atoms with E-state index in [1.807, 2.05) is 18.2 Å². The maximum absolute atomic E-state index is 12.8. The number of anilines is 2. The van der Waals surface area contributed by atoms with Crippen molar-refractivity contribution in [2.45, 2.75) is 57.5 Å². The van der Waals surface area contributed by atoms with Gasteiger partial charge in [-0.2, -0.15) is 0 Å². The molecule has 0 fully saturated rings. The molecule has 0 saturated heterocycles. The summed E-state index contributed by atoms with van der Waals surface area (Å²) in [5.74, 6) is 0.981. The molecule has 2 atom stereocenters. The van der Waals surface area contributed by atoms with Crippen LogP contribution in [0.3, 0.4) is 0 Å². The van der Waals surface area contributed by atoms with Gasteiger partial charge in [-0.25, -0.2) is 19.5 Å². The minimum atomic E-state index is -3.63. The Bertz CT molecular complexity index is 1120. The molecule has 0 bridgehead atoms. The second kappa shape index (κ2) is 13.0. The van der Waals surface area contributed by atoms with Gasteiger partial charge in [-0.3, -0.25) is 13.6 Å². The van der Waals surface area contributed by atoms with Crippen molar-refractivity contribution >= 4 is 52.2 Å². The molecule has 0 aliphatic rings. The lowest BCUT2D eigenvalue weighted by Crippen LogP contribution is -2.28. The van der Waals surface area contributed by atoms with Crippen LogP contribution in [0, 0.1) is 5.92 Å². The van der Waals surface area contributed by atoms with E-state index in [1.54, 1.807) is 25.6 Å². The molecule has 2 heterocycles. The molecule has 1 unspecified atom stereocenters. The Hall–Kier alpha value is -1.75. The summed E-state index contributed by atoms with van der Waals surface area (Å²) in [5, 5.41) is 4.64. The highest BCUT2D eigenvalue weighted by Crippen LogP contribution is 2.49. The highest BCUT2D eigenvalue weighted by Gasteiger charge is 2.28. The number of rotatable bonds is 14. The van der Waals surface area contributed by atoms with Crippen molar-refractivity contribution in [3.63, 3.8) is 0 Å². The maximum Gasteiger partial charge on any atom is 0.474 e. The number of hydrogen-bond acceptors (Lipinski definition) is 11. The third-order valence-electron chi connectivity index (χ3n) is 4.91. The molecule has 9 nitrogen and oxygen atoms in total. The Kier molecular flexibility index (Phi) is 10.3. The van der Waals surface area contributed by atoms with Gasteiger partial charge in [0.25, 0.3) is 0 Å². The largest absolute Gasteiger partial charge is 0.474 e. The lowest BCUT2D eigenvalue weighted by Gasteiger charge is -2.24. The van der Waals surface area contributed by atoms with Crippen molar-refractivity contribution in [2.24, 2.45) is 5.92 Å². The molecular weight excluding hydrogens is 505 g/mol. The predicted molar refractivity (Wildman–Crippen MR) is 144 cm³/mol. The van der Waals surface area contributed by atoms with Gasteiger partial charge in [0.05, 0.1) is 25.9 Å². The van der Waals surface area contributed by atoms with Crippen LogP contribution in [-0.4, -0.2) is 40.8 Å². The summed E-state index contributed by atoms with van der Waals surface area (Å²) in [4.78, 5) is 13.8. The number of thiazole rings is 1. The fourth-order valence-electron chi connectivity index (χ4n) is 3.46. The molecule has 3 N–H and O–H groups in total. The molecule has 12 heteroatoms. The number of aromatic nitrogens is 3. The number of nitrogen functional groups attached to an aromatic ring is 1. The van der Waals surface area contributed by atoms with Crippen LogP contribution in [0.15, 0.2) is 35.5 Å². The molecule has 35 heavy (non-hydrogen) atoms. The van der Waals surface area contributed by atoms with Crippen LogP contribution in [0.5, 0.6) is 0 Å². The monoisotopic (exact) mass is 539 g/mol. The van der Waals surface area contributed by atoms with Gasteiger partial charge >= 0.3 is 7.82 Å². The molecule has 0 amide bonds. The first-order valence-corrected chi connectivity index (χ1v) is 14.8. The Morgan fingerprint density at radius 1 is 1.06 bits per heavy atom. The van der Waals surface area contributed by atoms with Crippen molar-refractivity contribution in [3.8, 4) is 0 Å². The van der Waals surface area contributed by atoms with Crippen LogP contribution in [-0.2, 0) is 18.1 Å². The van der Waals surface area contributed by atoms with Crippen molar-refractivity contribution in [2.75, 3.05) is 30.9 Å². The molecule has 0 aliphatic heterocycles. The van der Waals surface area contributed by atoms with Crippen molar-refractivity contribution < 1.29 is 18.1 Å². The van der Waals surface area contributed by atoms with Crippen LogP contribution in [0.25, 0.3) is 10.3 Å². The number of hydrogen-bond donors (Lipinski definition) is 2. The lowest BCUT2D eigenvalue weighted by atomic mass is 10.0. The smallest absolute Gasteiger partial charge is 0.375 e. The highest BCUT2D eigenvalue weighted by atomic mass is 32.2. The summed E-state index contributed by atoms with van der Waals surface area (Å²) in [5.41, 5.74) is 7.74. The first-order valence-electron chi connectivity index (χ1n) is 11.7. The zero-order valence-electron chi connectivity index (χ0n) is 20.8. The maximum atomic E-state index is 12.8. The fourth-order valence-corrected chi connectivity index (χ4v) is 6.30. The van der Waals surface area contributed by atoms with Crippen LogP contribution in [0.2, 0.25) is 0 Å². The van der Waals surface area contributed by atoms with E-state index in [9.17, 15) is 4.57 Å². The molecule has 0 spiro atoms. The first kappa shape index (κ1) is 27.8. The van der Waals surface area contributed by atoms with Gasteiger partial charge < -0.3 is 11.1 Å². The normalized spacial score (nSPS) is 13.9. The summed E-state index contributed by atoms with van der Waals surface area (Å²) in [6.45, 7) is 10.4. The second-order valence-corrected chi connectivity index (χ2v) is 12.3. The van der Waals surface area contributed by atoms with E-state index in [1.165, 1.54) is 16.9 Å². The third kappa shape index (κ3) is 8.13. The van der Waals surface area contributed by atoms with Crippen LogP contribution in [0.4, 0.5) is 10.9 Å². The Morgan fingerprint density at radius 3 is 2.37 bits per heavy atom. The van der Waals surface area contributed by atoms with Gasteiger partial charge in [-0.05, 0) is 38.7 Å². The number of phosphoric acid groups is 1. The van der Waals surface area contributed by atoms with Crippen LogP contribution >= 0.6 is 30.9 Å². The van der Waals surface area contributed by atoms with Crippen molar-refractivity contribution in [1.29, 1.82) is 0 Å². The van der Waals surface area contributed by atoms with E-state index in [4.69, 9.17) is 24.3 Å². The van der Waals surface area contributed by atoms with E-state index >= 15 is 0 Å². The molecule has 1 aromatic carbocycles. The van der Waals surface area contributed by atoms with Gasteiger partial charge in [0.2, 0.25) is 0 Å². The Balaban J connectivity index is 1.86. The average Bonchev–Trinajstić information content (AvgIpc) is 3.18. The number of nitrogens with one attached hydrogen (secondary N) is 1. The summed E-state index contributed by atoms with van der Waals surface area (Å²) >= 11 is 2.88. The molecule has 2 aromatic heterocycles. The van der Waals surface area contributed by atoms with E-state index in [-0.39, 0.29) is 31.1 Å². The minimum Gasteiger partial charge on any atom is -0.375 e. The second-order valence-electron chi connectivity index (χ2n) is 8.28. The van der Waals surface area contributed by atoms with E-state index in [0.717, 1.165) is 11.1 Å². The van der Waals surface area contributed by atoms with Crippen molar-refractivity contribution in [3.05, 3.63) is 35.9 Å². The molecule has 3 aromatic rings. The van der Waals surface area contributed by atoms with E-state index < -0.39 is 7.82 Å². The van der Waals surface area contributed by atoms with Gasteiger partial charge in [-0.15, -0.1) is 0 Å². The summed E-state index contributed by atoms with van der Waals surface area (Å²) < 4.78 is 29.8. The molecular formula is C23H34N5O4PS2. The molecule has 0 radical (unpaired) electrons. The number of benzene rings is 1. The van der Waals surface area contributed by atoms with E-state index in [0.29, 0.717) is 27.7 Å². The van der Waals surface area contributed by atoms with Gasteiger partial charge in [-0.1, -0.05) is 67.3 Å². The number of phosphoric ester groups is 1. The number of fused-ring (bicyclic) bond motifs is 1. The molecule has 0 saturated carbocycles. The fraction of sp³-hybridized carbons (Fsp3) is 0.522. The molecule has 0 aliphatic carbocycles. The summed E-state index contributed by atoms with van der Waals surface area (Å²) in [6.07, 6.45) is 0.751. The van der Waals surface area contributed by atoms with Gasteiger partial charge in [0.1, 0.15) is 4.70 Å².